The molecular weight excluding hydrogens is 310 g/mol. The Morgan fingerprint density at radius 1 is 1.22 bits per heavy atom. The molecule has 0 spiro atoms. The zero-order chi connectivity index (χ0) is 16.4. The van der Waals surface area contributed by atoms with Crippen LogP contribution in [0, 0.1) is 5.92 Å². The van der Waals surface area contributed by atoms with E-state index in [1.165, 1.54) is 24.8 Å². The summed E-state index contributed by atoms with van der Waals surface area (Å²) in [5.41, 5.74) is 1.42. The number of hydrogen-bond donors (Lipinski definition) is 0. The number of alkyl halides is 1. The minimum absolute atomic E-state index is 0.200. The first kappa shape index (κ1) is 17.2. The lowest BCUT2D eigenvalue weighted by atomic mass is 9.75. The van der Waals surface area contributed by atoms with Crippen LogP contribution in [0.4, 0.5) is 4.39 Å². The van der Waals surface area contributed by atoms with Gasteiger partial charge in [0.15, 0.2) is 0 Å². The fourth-order valence-corrected chi connectivity index (χ4v) is 4.90. The Kier molecular flexibility index (Phi) is 5.61. The van der Waals surface area contributed by atoms with Crippen molar-refractivity contribution >= 4 is 11.6 Å². The second-order valence-electron chi connectivity index (χ2n) is 7.40. The molecule has 0 saturated carbocycles. The minimum atomic E-state index is -0.200. The molecular formula is C19H28ClFN2. The molecule has 2 heterocycles. The van der Waals surface area contributed by atoms with E-state index in [0.717, 1.165) is 18.1 Å². The van der Waals surface area contributed by atoms with Gasteiger partial charge in [-0.15, -0.1) is 0 Å². The molecule has 2 saturated heterocycles. The van der Waals surface area contributed by atoms with Gasteiger partial charge in [0, 0.05) is 30.2 Å². The quantitative estimate of drug-likeness (QED) is 0.767. The second-order valence-corrected chi connectivity index (χ2v) is 7.84. The number of hydrogen-bond acceptors (Lipinski definition) is 2. The summed E-state index contributed by atoms with van der Waals surface area (Å²) >= 11 is 6.07. The summed E-state index contributed by atoms with van der Waals surface area (Å²) in [6, 6.07) is 9.66. The summed E-state index contributed by atoms with van der Waals surface area (Å²) in [6.45, 7) is 1.81. The van der Waals surface area contributed by atoms with E-state index < -0.39 is 0 Å². The van der Waals surface area contributed by atoms with Crippen molar-refractivity contribution in [2.45, 2.75) is 43.7 Å². The van der Waals surface area contributed by atoms with E-state index in [4.69, 9.17) is 11.6 Å². The van der Waals surface area contributed by atoms with Gasteiger partial charge in [-0.1, -0.05) is 23.7 Å². The number of fused-ring (bicyclic) bond motifs is 2. The molecule has 0 radical (unpaired) electrons. The number of benzene rings is 1. The maximum absolute atomic E-state index is 12.7. The van der Waals surface area contributed by atoms with Crippen LogP contribution in [0.3, 0.4) is 0 Å². The zero-order valence-electron chi connectivity index (χ0n) is 14.2. The molecule has 2 fully saturated rings. The third kappa shape index (κ3) is 3.72. The van der Waals surface area contributed by atoms with Crippen LogP contribution in [0.25, 0.3) is 0 Å². The largest absolute Gasteiger partial charge is 0.309 e. The molecule has 2 nitrogen and oxygen atoms in total. The molecule has 4 atom stereocenters. The topological polar surface area (TPSA) is 6.48 Å². The Bertz CT molecular complexity index is 505. The number of halogens is 2. The molecule has 2 aliphatic rings. The molecule has 128 valence electrons. The van der Waals surface area contributed by atoms with Crippen molar-refractivity contribution in [3.8, 4) is 0 Å². The molecule has 3 rings (SSSR count). The Balaban J connectivity index is 1.84. The van der Waals surface area contributed by atoms with Crippen molar-refractivity contribution in [2.75, 3.05) is 33.9 Å². The highest BCUT2D eigenvalue weighted by Gasteiger charge is 2.47. The zero-order valence-corrected chi connectivity index (χ0v) is 15.0. The van der Waals surface area contributed by atoms with Crippen LogP contribution < -0.4 is 0 Å². The predicted octanol–water partition coefficient (Wildman–Crippen LogP) is 4.20. The minimum Gasteiger partial charge on any atom is -0.309 e. The number of rotatable bonds is 6. The summed E-state index contributed by atoms with van der Waals surface area (Å²) in [6.07, 6.45) is 4.40. The van der Waals surface area contributed by atoms with Crippen molar-refractivity contribution in [2.24, 2.45) is 5.92 Å². The first-order valence-electron chi connectivity index (χ1n) is 8.82. The monoisotopic (exact) mass is 337 g/mol. The summed E-state index contributed by atoms with van der Waals surface area (Å²) < 4.78 is 12.7. The lowest BCUT2D eigenvalue weighted by Crippen LogP contribution is -2.51. The maximum Gasteiger partial charge on any atom is 0.0906 e. The van der Waals surface area contributed by atoms with Crippen LogP contribution in [-0.2, 0) is 0 Å². The van der Waals surface area contributed by atoms with E-state index in [9.17, 15) is 4.39 Å². The number of piperidine rings is 1. The highest BCUT2D eigenvalue weighted by atomic mass is 35.5. The normalized spacial score (nSPS) is 31.0. The molecule has 2 aliphatic heterocycles. The average molecular weight is 338 g/mol. The molecule has 23 heavy (non-hydrogen) atoms. The van der Waals surface area contributed by atoms with Gasteiger partial charge in [0.1, 0.15) is 0 Å². The molecule has 2 bridgehead atoms. The Labute approximate surface area is 144 Å². The van der Waals surface area contributed by atoms with Crippen LogP contribution >= 0.6 is 11.6 Å². The van der Waals surface area contributed by atoms with Gasteiger partial charge in [0.25, 0.3) is 0 Å². The van der Waals surface area contributed by atoms with Gasteiger partial charge in [-0.05, 0) is 69.3 Å². The SMILES string of the molecule is CN(C)C[C@H]1[C@@H](c2ccc(Cl)cc2)C[C@@H]2CC[C@H]1N2CCC[18F]. The molecule has 4 heteroatoms. The predicted molar refractivity (Wildman–Crippen MR) is 95.0 cm³/mol. The van der Waals surface area contributed by atoms with Crippen LogP contribution in [0.1, 0.15) is 37.2 Å². The Morgan fingerprint density at radius 2 is 1.96 bits per heavy atom. The molecule has 0 unspecified atom stereocenters. The molecule has 0 aliphatic carbocycles. The van der Waals surface area contributed by atoms with Crippen molar-refractivity contribution in [1.82, 2.24) is 9.80 Å². The first-order chi connectivity index (χ1) is 11.1. The van der Waals surface area contributed by atoms with Gasteiger partial charge in [0.2, 0.25) is 0 Å². The van der Waals surface area contributed by atoms with Crippen LogP contribution in [0.5, 0.6) is 0 Å². The van der Waals surface area contributed by atoms with Crippen LogP contribution in [0.15, 0.2) is 24.3 Å². The van der Waals surface area contributed by atoms with Gasteiger partial charge in [-0.25, -0.2) is 0 Å². The van der Waals surface area contributed by atoms with E-state index >= 15 is 0 Å². The standard InChI is InChI=1S/C19H28ClFN2/c1-22(2)13-18-17(14-4-6-15(20)7-5-14)12-16-8-9-19(18)23(16)11-3-10-21/h4-7,16-19H,3,8-13H2,1-2H3/t16-,17+,18-,19+/m0/s1/i21-1. The van der Waals surface area contributed by atoms with E-state index in [2.05, 4.69) is 36.0 Å². The van der Waals surface area contributed by atoms with E-state index in [0.29, 0.717) is 30.3 Å². The van der Waals surface area contributed by atoms with Crippen LogP contribution in [-0.4, -0.2) is 55.7 Å². The van der Waals surface area contributed by atoms with E-state index in [1.807, 2.05) is 12.1 Å². The lowest BCUT2D eigenvalue weighted by Gasteiger charge is -2.46. The third-order valence-electron chi connectivity index (χ3n) is 5.65. The Morgan fingerprint density at radius 3 is 2.61 bits per heavy atom. The van der Waals surface area contributed by atoms with E-state index in [1.54, 1.807) is 0 Å². The molecule has 1 aromatic rings. The van der Waals surface area contributed by atoms with Crippen molar-refractivity contribution in [3.05, 3.63) is 34.9 Å². The van der Waals surface area contributed by atoms with Crippen molar-refractivity contribution in [1.29, 1.82) is 0 Å². The molecule has 1 aromatic carbocycles. The highest BCUT2D eigenvalue weighted by molar-refractivity contribution is 6.30. The maximum atomic E-state index is 12.7. The Hall–Kier alpha value is -0.640. The summed E-state index contributed by atoms with van der Waals surface area (Å²) in [5.74, 6) is 1.21. The summed E-state index contributed by atoms with van der Waals surface area (Å²) in [7, 11) is 4.32. The highest BCUT2D eigenvalue weighted by Crippen LogP contribution is 2.47. The molecule has 0 N–H and O–H groups in total. The second kappa shape index (κ2) is 7.50. The molecule has 0 aromatic heterocycles. The fraction of sp³-hybridized carbons (Fsp3) is 0.684. The number of nitrogens with zero attached hydrogens (tertiary/aromatic N) is 2. The van der Waals surface area contributed by atoms with Gasteiger partial charge in [-0.3, -0.25) is 9.29 Å². The van der Waals surface area contributed by atoms with Gasteiger partial charge in [-0.2, -0.15) is 0 Å². The van der Waals surface area contributed by atoms with Crippen molar-refractivity contribution in [3.63, 3.8) is 0 Å². The van der Waals surface area contributed by atoms with Crippen molar-refractivity contribution < 1.29 is 4.39 Å². The fourth-order valence-electron chi connectivity index (χ4n) is 4.77. The van der Waals surface area contributed by atoms with Crippen LogP contribution in [0.2, 0.25) is 5.02 Å². The first-order valence-corrected chi connectivity index (χ1v) is 9.20. The van der Waals surface area contributed by atoms with Gasteiger partial charge < -0.3 is 4.90 Å². The van der Waals surface area contributed by atoms with Gasteiger partial charge in [0.05, 0.1) is 6.67 Å². The third-order valence-corrected chi connectivity index (χ3v) is 5.90. The smallest absolute Gasteiger partial charge is 0.0906 e. The summed E-state index contributed by atoms with van der Waals surface area (Å²) in [4.78, 5) is 4.92. The summed E-state index contributed by atoms with van der Waals surface area (Å²) in [5, 5.41) is 0.807. The lowest BCUT2D eigenvalue weighted by molar-refractivity contribution is 0.0573. The van der Waals surface area contributed by atoms with E-state index in [-0.39, 0.29) is 6.67 Å². The molecule has 0 amide bonds. The van der Waals surface area contributed by atoms with Gasteiger partial charge >= 0.3 is 0 Å². The average Bonchev–Trinajstić information content (AvgIpc) is 2.82.